The summed E-state index contributed by atoms with van der Waals surface area (Å²) in [5.41, 5.74) is 3.93. The number of hydrogen-bond acceptors (Lipinski definition) is 5. The second-order valence-electron chi connectivity index (χ2n) is 7.39. The van der Waals surface area contributed by atoms with Crippen molar-refractivity contribution in [2.75, 3.05) is 23.0 Å². The van der Waals surface area contributed by atoms with Gasteiger partial charge in [0.05, 0.1) is 11.7 Å². The van der Waals surface area contributed by atoms with Gasteiger partial charge in [-0.1, -0.05) is 12.1 Å². The van der Waals surface area contributed by atoms with Crippen LogP contribution in [-0.2, 0) is 0 Å². The number of benzene rings is 2. The van der Waals surface area contributed by atoms with Crippen LogP contribution in [0, 0.1) is 0 Å². The zero-order valence-electron chi connectivity index (χ0n) is 16.8. The molecule has 0 aliphatic carbocycles. The summed E-state index contributed by atoms with van der Waals surface area (Å²) in [7, 11) is 0. The normalized spacial score (nSPS) is 15.5. The molecule has 3 aromatic rings. The first-order chi connectivity index (χ1) is 15.0. The molecule has 2 amide bonds. The predicted octanol–water partition coefficient (Wildman–Crippen LogP) is 3.12. The fourth-order valence-electron chi connectivity index (χ4n) is 3.74. The lowest BCUT2D eigenvalue weighted by molar-refractivity contribution is 0.0987. The lowest BCUT2D eigenvalue weighted by Crippen LogP contribution is -2.37. The van der Waals surface area contributed by atoms with Crippen LogP contribution >= 0.6 is 0 Å². The molecule has 158 valence electrons. The highest BCUT2D eigenvalue weighted by Crippen LogP contribution is 2.25. The SMILES string of the molecule is NN(C(=O)c1ccc(N2CCC(NC(=O)O)C2)cc1)c1cccc(-c2ccncc2)c1. The third-order valence-corrected chi connectivity index (χ3v) is 5.35. The number of amides is 2. The first-order valence-corrected chi connectivity index (χ1v) is 9.95. The Morgan fingerprint density at radius 2 is 1.81 bits per heavy atom. The van der Waals surface area contributed by atoms with Crippen LogP contribution in [0.1, 0.15) is 16.8 Å². The Morgan fingerprint density at radius 3 is 2.52 bits per heavy atom. The molecule has 1 aliphatic heterocycles. The number of nitrogens with one attached hydrogen (secondary N) is 1. The molecule has 1 unspecified atom stereocenters. The minimum absolute atomic E-state index is 0.0917. The van der Waals surface area contributed by atoms with Crippen molar-refractivity contribution in [1.82, 2.24) is 10.3 Å². The van der Waals surface area contributed by atoms with E-state index < -0.39 is 6.09 Å². The molecule has 1 aromatic heterocycles. The van der Waals surface area contributed by atoms with Gasteiger partial charge in [0.2, 0.25) is 0 Å². The fraction of sp³-hybridized carbons (Fsp3) is 0.174. The molecule has 4 N–H and O–H groups in total. The van der Waals surface area contributed by atoms with Gasteiger partial charge in [-0.05, 0) is 66.1 Å². The van der Waals surface area contributed by atoms with E-state index in [9.17, 15) is 9.59 Å². The first-order valence-electron chi connectivity index (χ1n) is 9.95. The number of aromatic nitrogens is 1. The number of pyridine rings is 1. The Bertz CT molecular complexity index is 1070. The van der Waals surface area contributed by atoms with Crippen molar-refractivity contribution in [3.63, 3.8) is 0 Å². The van der Waals surface area contributed by atoms with Gasteiger partial charge in [0.25, 0.3) is 5.91 Å². The maximum Gasteiger partial charge on any atom is 0.404 e. The zero-order valence-corrected chi connectivity index (χ0v) is 16.8. The highest BCUT2D eigenvalue weighted by atomic mass is 16.4. The summed E-state index contributed by atoms with van der Waals surface area (Å²) in [6, 6.07) is 18.4. The van der Waals surface area contributed by atoms with Crippen LogP contribution < -0.4 is 21.1 Å². The molecular weight excluding hydrogens is 394 g/mol. The van der Waals surface area contributed by atoms with Crippen molar-refractivity contribution in [3.8, 4) is 11.1 Å². The Labute approximate surface area is 179 Å². The van der Waals surface area contributed by atoms with Gasteiger partial charge >= 0.3 is 6.09 Å². The number of carbonyl (C=O) groups excluding carboxylic acids is 1. The summed E-state index contributed by atoms with van der Waals surface area (Å²) in [5.74, 6) is 5.82. The van der Waals surface area contributed by atoms with Gasteiger partial charge < -0.3 is 15.3 Å². The number of nitrogens with two attached hydrogens (primary N) is 1. The van der Waals surface area contributed by atoms with E-state index in [0.717, 1.165) is 34.8 Å². The van der Waals surface area contributed by atoms with E-state index in [1.54, 1.807) is 30.6 Å². The predicted molar refractivity (Wildman–Crippen MR) is 119 cm³/mol. The van der Waals surface area contributed by atoms with Crippen molar-refractivity contribution in [1.29, 1.82) is 0 Å². The molecule has 0 spiro atoms. The molecule has 4 rings (SSSR count). The highest BCUT2D eigenvalue weighted by Gasteiger charge is 2.24. The number of rotatable bonds is 5. The summed E-state index contributed by atoms with van der Waals surface area (Å²) in [6.45, 7) is 1.35. The number of nitrogens with zero attached hydrogens (tertiary/aromatic N) is 3. The molecule has 1 atom stereocenters. The van der Waals surface area contributed by atoms with E-state index in [-0.39, 0.29) is 11.9 Å². The Balaban J connectivity index is 1.46. The van der Waals surface area contributed by atoms with E-state index in [4.69, 9.17) is 10.9 Å². The maximum atomic E-state index is 12.9. The third kappa shape index (κ3) is 4.65. The number of carbonyl (C=O) groups is 2. The largest absolute Gasteiger partial charge is 0.465 e. The van der Waals surface area contributed by atoms with E-state index >= 15 is 0 Å². The number of hydrogen-bond donors (Lipinski definition) is 3. The van der Waals surface area contributed by atoms with E-state index in [1.807, 2.05) is 42.5 Å². The number of carboxylic acid groups (broad SMARTS) is 1. The molecule has 8 heteroatoms. The molecule has 2 heterocycles. The van der Waals surface area contributed by atoms with Crippen LogP contribution in [-0.4, -0.2) is 41.2 Å². The molecule has 0 saturated carbocycles. The van der Waals surface area contributed by atoms with Gasteiger partial charge in [-0.2, -0.15) is 0 Å². The third-order valence-electron chi connectivity index (χ3n) is 5.35. The molecule has 0 bridgehead atoms. The standard InChI is InChI=1S/C23H23N5O3/c24-28(21-3-1-2-18(14-21)16-8-11-25-12-9-16)22(29)17-4-6-20(7-5-17)27-13-10-19(15-27)26-23(30)31/h1-9,11-12,14,19,26H,10,13,15,24H2,(H,30,31). The average Bonchev–Trinajstić information content (AvgIpc) is 3.26. The molecule has 2 aromatic carbocycles. The lowest BCUT2D eigenvalue weighted by Gasteiger charge is -2.20. The molecule has 31 heavy (non-hydrogen) atoms. The maximum absolute atomic E-state index is 12.9. The van der Waals surface area contributed by atoms with Crippen molar-refractivity contribution >= 4 is 23.4 Å². The summed E-state index contributed by atoms with van der Waals surface area (Å²) >= 11 is 0. The second kappa shape index (κ2) is 8.85. The summed E-state index contributed by atoms with van der Waals surface area (Å²) in [4.78, 5) is 29.8. The lowest BCUT2D eigenvalue weighted by atomic mass is 10.1. The van der Waals surface area contributed by atoms with Gasteiger partial charge in [0.1, 0.15) is 0 Å². The molecular formula is C23H23N5O3. The van der Waals surface area contributed by atoms with Gasteiger partial charge in [0.15, 0.2) is 0 Å². The van der Waals surface area contributed by atoms with Crippen LogP contribution in [0.15, 0.2) is 73.1 Å². The van der Waals surface area contributed by atoms with Gasteiger partial charge in [-0.25, -0.2) is 15.6 Å². The van der Waals surface area contributed by atoms with Crippen molar-refractivity contribution in [2.45, 2.75) is 12.5 Å². The quantitative estimate of drug-likeness (QED) is 0.334. The number of anilines is 2. The van der Waals surface area contributed by atoms with Crippen molar-refractivity contribution < 1.29 is 14.7 Å². The first kappa shape index (κ1) is 20.4. The summed E-state index contributed by atoms with van der Waals surface area (Å²) in [5, 5.41) is 12.5. The van der Waals surface area contributed by atoms with Gasteiger partial charge in [0, 0.05) is 36.7 Å². The van der Waals surface area contributed by atoms with Crippen LogP contribution in [0.4, 0.5) is 16.2 Å². The number of hydrazine groups is 1. The molecule has 8 nitrogen and oxygen atoms in total. The van der Waals surface area contributed by atoms with Crippen LogP contribution in [0.5, 0.6) is 0 Å². The topological polar surface area (TPSA) is 112 Å². The molecule has 1 saturated heterocycles. The van der Waals surface area contributed by atoms with Crippen LogP contribution in [0.25, 0.3) is 11.1 Å². The van der Waals surface area contributed by atoms with Crippen LogP contribution in [0.3, 0.4) is 0 Å². The van der Waals surface area contributed by atoms with E-state index in [1.165, 1.54) is 0 Å². The highest BCUT2D eigenvalue weighted by molar-refractivity contribution is 6.05. The van der Waals surface area contributed by atoms with E-state index in [0.29, 0.717) is 17.8 Å². The smallest absolute Gasteiger partial charge is 0.404 e. The Kier molecular flexibility index (Phi) is 5.81. The fourth-order valence-corrected chi connectivity index (χ4v) is 3.74. The molecule has 1 aliphatic rings. The van der Waals surface area contributed by atoms with E-state index in [2.05, 4.69) is 15.2 Å². The summed E-state index contributed by atoms with van der Waals surface area (Å²) < 4.78 is 0. The minimum Gasteiger partial charge on any atom is -0.465 e. The zero-order chi connectivity index (χ0) is 21.8. The molecule has 0 radical (unpaired) electrons. The van der Waals surface area contributed by atoms with Crippen molar-refractivity contribution in [2.24, 2.45) is 5.84 Å². The summed E-state index contributed by atoms with van der Waals surface area (Å²) in [6.07, 6.45) is 3.17. The second-order valence-corrected chi connectivity index (χ2v) is 7.39. The van der Waals surface area contributed by atoms with Crippen molar-refractivity contribution in [3.05, 3.63) is 78.6 Å². The van der Waals surface area contributed by atoms with Gasteiger partial charge in [-0.15, -0.1) is 0 Å². The van der Waals surface area contributed by atoms with Gasteiger partial charge in [-0.3, -0.25) is 9.78 Å². The Morgan fingerprint density at radius 1 is 1.06 bits per heavy atom. The Hall–Kier alpha value is -3.91. The minimum atomic E-state index is -1.01. The monoisotopic (exact) mass is 417 g/mol. The average molecular weight is 417 g/mol. The van der Waals surface area contributed by atoms with Crippen LogP contribution in [0.2, 0.25) is 0 Å². The molecule has 1 fully saturated rings.